The normalized spacial score (nSPS) is 20.3. The van der Waals surface area contributed by atoms with Gasteiger partial charge in [-0.1, -0.05) is 191 Å². The molecule has 1 aliphatic rings. The molecule has 0 amide bonds. The number of aliphatic hydroxyl groups is 3. The van der Waals surface area contributed by atoms with E-state index in [4.69, 9.17) is 18.9 Å². The summed E-state index contributed by atoms with van der Waals surface area (Å²) in [5.41, 5.74) is 0. The van der Waals surface area contributed by atoms with Crippen molar-refractivity contribution in [2.45, 2.75) is 237 Å². The molecule has 13 heteroatoms. The van der Waals surface area contributed by atoms with Gasteiger partial charge in [-0.25, -0.2) is 4.18 Å². The molecule has 368 valence electrons. The summed E-state index contributed by atoms with van der Waals surface area (Å²) in [7, 11) is -5.07. The van der Waals surface area contributed by atoms with Gasteiger partial charge in [-0.3, -0.25) is 9.35 Å². The topological polar surface area (TPSA) is 178 Å². The predicted molar refractivity (Wildman–Crippen MR) is 253 cm³/mol. The third kappa shape index (κ3) is 35.0. The fraction of sp³-hybridized carbons (Fsp3) is 0.820. The average Bonchev–Trinajstić information content (AvgIpc) is 3.26. The molecule has 0 saturated carbocycles. The van der Waals surface area contributed by atoms with Gasteiger partial charge in [0.05, 0.1) is 19.8 Å². The van der Waals surface area contributed by atoms with Crippen LogP contribution in [-0.2, 0) is 38.3 Å². The number of hydrogen-bond donors (Lipinski definition) is 4. The molecule has 1 saturated heterocycles. The number of allylic oxidation sites excluding steroid dienone is 8. The summed E-state index contributed by atoms with van der Waals surface area (Å²) in [4.78, 5) is 12.9. The highest BCUT2D eigenvalue weighted by Crippen LogP contribution is 2.26. The molecule has 0 aromatic rings. The maximum absolute atomic E-state index is 12.9. The van der Waals surface area contributed by atoms with Gasteiger partial charge in [0.15, 0.2) is 6.29 Å². The van der Waals surface area contributed by atoms with Gasteiger partial charge in [0, 0.05) is 13.0 Å². The van der Waals surface area contributed by atoms with Crippen LogP contribution >= 0.6 is 0 Å². The first-order valence-electron chi connectivity index (χ1n) is 24.9. The molecule has 4 N–H and O–H groups in total. The van der Waals surface area contributed by atoms with Crippen molar-refractivity contribution in [2.24, 2.45) is 0 Å². The molecule has 6 atom stereocenters. The van der Waals surface area contributed by atoms with Crippen LogP contribution in [0.5, 0.6) is 0 Å². The number of hydrogen-bond acceptors (Lipinski definition) is 11. The Hall–Kier alpha value is -1.94. The largest absolute Gasteiger partial charge is 0.457 e. The fourth-order valence-electron chi connectivity index (χ4n) is 7.49. The molecule has 6 unspecified atom stereocenters. The summed E-state index contributed by atoms with van der Waals surface area (Å²) < 4.78 is 59.2. The van der Waals surface area contributed by atoms with Gasteiger partial charge in [-0.2, -0.15) is 8.42 Å². The minimum Gasteiger partial charge on any atom is -0.457 e. The SMILES string of the molecule is CC/C=C\C/C=C\C/C=C\C/C=C\CCCCCCCOCC(COC1OC(CO)C(O)C(OS(=O)(=O)O)C1O)OC(=O)CCCCCCCCCCCCCCCCCCCC. The second-order valence-electron chi connectivity index (χ2n) is 17.0. The van der Waals surface area contributed by atoms with E-state index in [-0.39, 0.29) is 19.6 Å². The quantitative estimate of drug-likeness (QED) is 0.0197. The lowest BCUT2D eigenvalue weighted by Crippen LogP contribution is -2.60. The molecule has 0 aromatic heterocycles. The van der Waals surface area contributed by atoms with Gasteiger partial charge in [0.25, 0.3) is 0 Å². The van der Waals surface area contributed by atoms with E-state index in [1.807, 2.05) is 0 Å². The Bertz CT molecular complexity index is 1290. The van der Waals surface area contributed by atoms with Crippen LogP contribution < -0.4 is 0 Å². The van der Waals surface area contributed by atoms with Gasteiger partial charge in [0.1, 0.15) is 30.5 Å². The molecular weight excluding hydrogens is 825 g/mol. The lowest BCUT2D eigenvalue weighted by molar-refractivity contribution is -0.301. The first-order chi connectivity index (χ1) is 30.6. The Morgan fingerprint density at radius 1 is 0.619 bits per heavy atom. The summed E-state index contributed by atoms with van der Waals surface area (Å²) in [5.74, 6) is -0.404. The van der Waals surface area contributed by atoms with Crippen molar-refractivity contribution < 1.29 is 56.2 Å². The van der Waals surface area contributed by atoms with Crippen LogP contribution in [0.15, 0.2) is 48.6 Å². The summed E-state index contributed by atoms with van der Waals surface area (Å²) in [5, 5.41) is 30.7. The van der Waals surface area contributed by atoms with Gasteiger partial charge in [-0.05, 0) is 51.4 Å². The molecule has 0 bridgehead atoms. The number of carbonyl (C=O) groups is 1. The molecular formula is C50H90O12S. The fourth-order valence-corrected chi connectivity index (χ4v) is 8.00. The molecule has 0 aliphatic carbocycles. The van der Waals surface area contributed by atoms with E-state index in [0.29, 0.717) is 13.0 Å². The summed E-state index contributed by atoms with van der Waals surface area (Å²) in [6, 6.07) is 0. The van der Waals surface area contributed by atoms with Crippen LogP contribution in [0.25, 0.3) is 0 Å². The molecule has 1 rings (SSSR count). The smallest absolute Gasteiger partial charge is 0.397 e. The Morgan fingerprint density at radius 3 is 1.60 bits per heavy atom. The van der Waals surface area contributed by atoms with Crippen LogP contribution in [0, 0.1) is 0 Å². The Labute approximate surface area is 383 Å². The van der Waals surface area contributed by atoms with Crippen molar-refractivity contribution in [2.75, 3.05) is 26.4 Å². The van der Waals surface area contributed by atoms with Crippen molar-refractivity contribution in [3.05, 3.63) is 48.6 Å². The molecule has 1 fully saturated rings. The molecule has 0 radical (unpaired) electrons. The number of ether oxygens (including phenoxy) is 4. The first kappa shape index (κ1) is 59.1. The third-order valence-electron chi connectivity index (χ3n) is 11.2. The minimum atomic E-state index is -5.07. The molecule has 12 nitrogen and oxygen atoms in total. The molecule has 63 heavy (non-hydrogen) atoms. The van der Waals surface area contributed by atoms with Crippen molar-refractivity contribution in [3.8, 4) is 0 Å². The zero-order valence-electron chi connectivity index (χ0n) is 39.4. The molecule has 0 aromatic carbocycles. The van der Waals surface area contributed by atoms with Crippen molar-refractivity contribution in [3.63, 3.8) is 0 Å². The highest BCUT2D eigenvalue weighted by Gasteiger charge is 2.48. The van der Waals surface area contributed by atoms with Crippen LogP contribution in [0.1, 0.15) is 200 Å². The highest BCUT2D eigenvalue weighted by atomic mass is 32.3. The Balaban J connectivity index is 2.39. The van der Waals surface area contributed by atoms with Crippen LogP contribution in [0.3, 0.4) is 0 Å². The zero-order chi connectivity index (χ0) is 46.1. The predicted octanol–water partition coefficient (Wildman–Crippen LogP) is 11.1. The first-order valence-corrected chi connectivity index (χ1v) is 26.3. The third-order valence-corrected chi connectivity index (χ3v) is 11.7. The lowest BCUT2D eigenvalue weighted by atomic mass is 9.99. The van der Waals surface area contributed by atoms with Gasteiger partial charge in [-0.15, -0.1) is 0 Å². The number of aliphatic hydroxyl groups excluding tert-OH is 3. The zero-order valence-corrected chi connectivity index (χ0v) is 40.2. The van der Waals surface area contributed by atoms with Crippen molar-refractivity contribution in [1.29, 1.82) is 0 Å². The molecule has 1 aliphatic heterocycles. The number of rotatable bonds is 43. The summed E-state index contributed by atoms with van der Waals surface area (Å²) >= 11 is 0. The van der Waals surface area contributed by atoms with Crippen molar-refractivity contribution in [1.82, 2.24) is 0 Å². The Morgan fingerprint density at radius 2 is 1.10 bits per heavy atom. The number of esters is 1. The van der Waals surface area contributed by atoms with Crippen LogP contribution in [0.4, 0.5) is 0 Å². The molecule has 0 spiro atoms. The number of unbranched alkanes of at least 4 members (excludes halogenated alkanes) is 22. The van der Waals surface area contributed by atoms with E-state index < -0.39 is 59.8 Å². The van der Waals surface area contributed by atoms with E-state index in [0.717, 1.165) is 83.5 Å². The maximum Gasteiger partial charge on any atom is 0.397 e. The van der Waals surface area contributed by atoms with E-state index in [2.05, 4.69) is 66.6 Å². The standard InChI is InChI=1S/C50H90O12S/c1-3-5-7-9-11-13-15-17-19-21-23-25-27-29-31-33-35-37-39-46(52)60-44(43-59-50-48(54)49(62-63(55,56)57)47(53)45(41-51)61-50)42-58-40-38-36-34-32-30-28-26-24-22-20-18-16-14-12-10-8-6-4-2/h6,8,12,14,18,20,24,26,44-45,47-51,53-54H,3-5,7,9-11,13,15-17,19,21-23,25,27-43H2,1-2H3,(H,55,56,57)/b8-6-,14-12-,20-18-,26-24-. The van der Waals surface area contributed by atoms with Gasteiger partial charge < -0.3 is 34.3 Å². The number of carbonyl (C=O) groups excluding carboxylic acids is 1. The van der Waals surface area contributed by atoms with Gasteiger partial charge in [0.2, 0.25) is 0 Å². The van der Waals surface area contributed by atoms with Gasteiger partial charge >= 0.3 is 16.4 Å². The average molecular weight is 915 g/mol. The second-order valence-corrected chi connectivity index (χ2v) is 18.1. The van der Waals surface area contributed by atoms with Crippen molar-refractivity contribution >= 4 is 16.4 Å². The lowest BCUT2D eigenvalue weighted by Gasteiger charge is -2.41. The van der Waals surface area contributed by atoms with E-state index in [9.17, 15) is 33.1 Å². The minimum absolute atomic E-state index is 0.0243. The summed E-state index contributed by atoms with van der Waals surface area (Å²) in [6.07, 6.45) is 41.4. The Kier molecular flexibility index (Phi) is 38.9. The second kappa shape index (κ2) is 41.5. The van der Waals surface area contributed by atoms with E-state index in [1.165, 1.54) is 89.9 Å². The van der Waals surface area contributed by atoms with E-state index >= 15 is 0 Å². The highest BCUT2D eigenvalue weighted by molar-refractivity contribution is 7.80. The monoisotopic (exact) mass is 915 g/mol. The molecule has 1 heterocycles. The van der Waals surface area contributed by atoms with Crippen LogP contribution in [-0.4, -0.2) is 97.5 Å². The maximum atomic E-state index is 12.9. The van der Waals surface area contributed by atoms with E-state index in [1.54, 1.807) is 0 Å². The van der Waals surface area contributed by atoms with Crippen LogP contribution in [0.2, 0.25) is 0 Å². The summed E-state index contributed by atoms with van der Waals surface area (Å²) in [6.45, 7) is 3.85.